The summed E-state index contributed by atoms with van der Waals surface area (Å²) in [6.07, 6.45) is 0.163. The SMILES string of the molecule is CC(C)(C)OC(=O)ON(C(=O)OC(C)(C)C)C1CCC(c2cccc(F)c2)C1. The fourth-order valence-corrected chi connectivity index (χ4v) is 3.15. The summed E-state index contributed by atoms with van der Waals surface area (Å²) >= 11 is 0. The van der Waals surface area contributed by atoms with E-state index in [1.807, 2.05) is 6.07 Å². The lowest BCUT2D eigenvalue weighted by Gasteiger charge is -2.30. The monoisotopic (exact) mass is 395 g/mol. The molecule has 156 valence electrons. The number of carbonyl (C=O) groups excluding carboxylic acids is 2. The Kier molecular flexibility index (Phi) is 6.57. The third-order valence-corrected chi connectivity index (χ3v) is 4.19. The van der Waals surface area contributed by atoms with Gasteiger partial charge in [-0.15, -0.1) is 5.06 Å². The largest absolute Gasteiger partial charge is 0.534 e. The molecule has 1 aromatic carbocycles. The Labute approximate surface area is 165 Å². The second-order valence-electron chi connectivity index (χ2n) is 9.08. The zero-order valence-electron chi connectivity index (χ0n) is 17.5. The van der Waals surface area contributed by atoms with Crippen LogP contribution in [-0.2, 0) is 14.3 Å². The number of nitrogens with zero attached hydrogens (tertiary/aromatic N) is 1. The molecule has 2 unspecified atom stereocenters. The number of hydroxylamine groups is 2. The van der Waals surface area contributed by atoms with E-state index in [1.54, 1.807) is 47.6 Å². The van der Waals surface area contributed by atoms with Crippen LogP contribution >= 0.6 is 0 Å². The van der Waals surface area contributed by atoms with E-state index in [2.05, 4.69) is 0 Å². The van der Waals surface area contributed by atoms with Crippen LogP contribution in [0.25, 0.3) is 0 Å². The molecule has 1 aliphatic rings. The maximum Gasteiger partial charge on any atom is 0.534 e. The summed E-state index contributed by atoms with van der Waals surface area (Å²) in [6, 6.07) is 6.05. The first-order chi connectivity index (χ1) is 12.8. The van der Waals surface area contributed by atoms with E-state index in [0.29, 0.717) is 12.8 Å². The number of benzene rings is 1. The summed E-state index contributed by atoms with van der Waals surface area (Å²) in [6.45, 7) is 10.3. The smallest absolute Gasteiger partial charge is 0.442 e. The van der Waals surface area contributed by atoms with Crippen molar-refractivity contribution >= 4 is 12.2 Å². The van der Waals surface area contributed by atoms with Gasteiger partial charge < -0.3 is 9.47 Å². The van der Waals surface area contributed by atoms with Crippen molar-refractivity contribution in [3.63, 3.8) is 0 Å². The number of hydrogen-bond donors (Lipinski definition) is 0. The molecule has 2 atom stereocenters. The molecule has 0 saturated heterocycles. The Hall–Kier alpha value is -2.31. The minimum atomic E-state index is -0.965. The molecule has 1 aliphatic carbocycles. The van der Waals surface area contributed by atoms with Crippen molar-refractivity contribution in [2.45, 2.75) is 84.0 Å². The number of rotatable bonds is 2. The van der Waals surface area contributed by atoms with Crippen LogP contribution in [0, 0.1) is 5.82 Å². The number of halogens is 1. The van der Waals surface area contributed by atoms with E-state index in [1.165, 1.54) is 12.1 Å². The van der Waals surface area contributed by atoms with Crippen molar-refractivity contribution in [2.75, 3.05) is 0 Å². The molecular weight excluding hydrogens is 365 g/mol. The molecule has 0 spiro atoms. The minimum absolute atomic E-state index is 0.0628. The summed E-state index contributed by atoms with van der Waals surface area (Å²) in [4.78, 5) is 30.1. The van der Waals surface area contributed by atoms with E-state index < -0.39 is 23.5 Å². The Balaban J connectivity index is 2.14. The fourth-order valence-electron chi connectivity index (χ4n) is 3.15. The van der Waals surface area contributed by atoms with Crippen LogP contribution in [0.15, 0.2) is 24.3 Å². The molecule has 1 amide bonds. The lowest BCUT2D eigenvalue weighted by atomic mass is 9.97. The molecule has 0 bridgehead atoms. The highest BCUT2D eigenvalue weighted by Gasteiger charge is 2.38. The van der Waals surface area contributed by atoms with Crippen molar-refractivity contribution in [3.05, 3.63) is 35.6 Å². The van der Waals surface area contributed by atoms with Gasteiger partial charge in [0, 0.05) is 0 Å². The van der Waals surface area contributed by atoms with Crippen LogP contribution < -0.4 is 0 Å². The Morgan fingerprint density at radius 1 is 1.04 bits per heavy atom. The molecule has 1 fully saturated rings. The highest BCUT2D eigenvalue weighted by Crippen LogP contribution is 2.37. The van der Waals surface area contributed by atoms with Gasteiger partial charge in [0.2, 0.25) is 0 Å². The van der Waals surface area contributed by atoms with Gasteiger partial charge in [-0.2, -0.15) is 0 Å². The van der Waals surface area contributed by atoms with E-state index in [9.17, 15) is 14.0 Å². The lowest BCUT2D eigenvalue weighted by molar-refractivity contribution is -0.154. The maximum absolute atomic E-state index is 13.5. The van der Waals surface area contributed by atoms with Crippen LogP contribution in [-0.4, -0.2) is 34.6 Å². The van der Waals surface area contributed by atoms with Gasteiger partial charge in [-0.05, 0) is 84.4 Å². The summed E-state index contributed by atoms with van der Waals surface area (Å²) in [5.74, 6) is -0.233. The molecule has 28 heavy (non-hydrogen) atoms. The maximum atomic E-state index is 13.5. The molecule has 2 rings (SSSR count). The normalized spacial score (nSPS) is 19.8. The van der Waals surface area contributed by atoms with Crippen molar-refractivity contribution in [1.29, 1.82) is 0 Å². The summed E-state index contributed by atoms with van der Waals surface area (Å²) in [7, 11) is 0. The van der Waals surface area contributed by atoms with Crippen LogP contribution in [0.4, 0.5) is 14.0 Å². The Bertz CT molecular complexity index is 707. The highest BCUT2D eigenvalue weighted by atomic mass is 19.1. The fraction of sp³-hybridized carbons (Fsp3) is 0.619. The Morgan fingerprint density at radius 2 is 1.68 bits per heavy atom. The average molecular weight is 395 g/mol. The van der Waals surface area contributed by atoms with Gasteiger partial charge in [0.25, 0.3) is 0 Å². The number of ether oxygens (including phenoxy) is 2. The van der Waals surface area contributed by atoms with Gasteiger partial charge >= 0.3 is 12.2 Å². The number of amides is 1. The van der Waals surface area contributed by atoms with Gasteiger partial charge in [0.1, 0.15) is 17.0 Å². The quantitative estimate of drug-likeness (QED) is 0.484. The summed E-state index contributed by atoms with van der Waals surface area (Å²) in [5, 5.41) is 0.971. The molecule has 0 aromatic heterocycles. The topological polar surface area (TPSA) is 65.1 Å². The first-order valence-corrected chi connectivity index (χ1v) is 9.53. The summed E-state index contributed by atoms with van der Waals surface area (Å²) < 4.78 is 24.1. The second kappa shape index (κ2) is 8.37. The van der Waals surface area contributed by atoms with Crippen LogP contribution in [0.3, 0.4) is 0 Å². The summed E-state index contributed by atoms with van der Waals surface area (Å²) in [5.41, 5.74) is -0.632. The van der Waals surface area contributed by atoms with Gasteiger partial charge in [-0.1, -0.05) is 12.1 Å². The minimum Gasteiger partial charge on any atom is -0.442 e. The molecule has 1 aromatic rings. The van der Waals surface area contributed by atoms with Crippen molar-refractivity contribution in [1.82, 2.24) is 5.06 Å². The van der Waals surface area contributed by atoms with Crippen molar-refractivity contribution in [3.8, 4) is 0 Å². The van der Waals surface area contributed by atoms with Crippen LogP contribution in [0.5, 0.6) is 0 Å². The molecule has 7 heteroatoms. The van der Waals surface area contributed by atoms with Gasteiger partial charge in [-0.25, -0.2) is 14.0 Å². The molecule has 1 saturated carbocycles. The predicted molar refractivity (Wildman–Crippen MR) is 102 cm³/mol. The van der Waals surface area contributed by atoms with Crippen molar-refractivity contribution < 1.29 is 28.3 Å². The molecule has 0 aliphatic heterocycles. The zero-order valence-corrected chi connectivity index (χ0v) is 17.5. The van der Waals surface area contributed by atoms with E-state index in [-0.39, 0.29) is 17.8 Å². The molecule has 6 nitrogen and oxygen atoms in total. The first kappa shape index (κ1) is 22.0. The third-order valence-electron chi connectivity index (χ3n) is 4.19. The molecule has 0 N–H and O–H groups in total. The molecule has 0 radical (unpaired) electrons. The molecule has 0 heterocycles. The number of carbonyl (C=O) groups is 2. The lowest BCUT2D eigenvalue weighted by Crippen LogP contribution is -2.44. The average Bonchev–Trinajstić information content (AvgIpc) is 2.98. The standard InChI is InChI=1S/C21H30FNO5/c1-20(2,3)26-18(24)23(28-19(25)27-21(4,5)6)17-11-10-15(13-17)14-8-7-9-16(22)12-14/h7-9,12,15,17H,10-11,13H2,1-6H3. The van der Waals surface area contributed by atoms with E-state index in [4.69, 9.17) is 14.3 Å². The molecular formula is C21H30FNO5. The van der Waals surface area contributed by atoms with Crippen LogP contribution in [0.2, 0.25) is 0 Å². The predicted octanol–water partition coefficient (Wildman–Crippen LogP) is 5.57. The zero-order chi connectivity index (χ0) is 21.1. The van der Waals surface area contributed by atoms with Gasteiger partial charge in [0.05, 0.1) is 6.04 Å². The van der Waals surface area contributed by atoms with Crippen LogP contribution in [0.1, 0.15) is 72.3 Å². The number of hydrogen-bond acceptors (Lipinski definition) is 5. The highest BCUT2D eigenvalue weighted by molar-refractivity contribution is 5.70. The van der Waals surface area contributed by atoms with Gasteiger partial charge in [0.15, 0.2) is 0 Å². The van der Waals surface area contributed by atoms with Crippen molar-refractivity contribution in [2.24, 2.45) is 0 Å². The second-order valence-corrected chi connectivity index (χ2v) is 9.08. The Morgan fingerprint density at radius 3 is 2.25 bits per heavy atom. The van der Waals surface area contributed by atoms with E-state index >= 15 is 0 Å². The van der Waals surface area contributed by atoms with Gasteiger partial charge in [-0.3, -0.25) is 4.84 Å². The third kappa shape index (κ3) is 6.69. The van der Waals surface area contributed by atoms with E-state index in [0.717, 1.165) is 17.0 Å². The first-order valence-electron chi connectivity index (χ1n) is 9.53.